The number of aliphatic hydroxyl groups is 10. The number of aromatic hydroxyl groups is 1. The summed E-state index contributed by atoms with van der Waals surface area (Å²) in [5, 5.41) is 113. The number of rotatable bonds is 9. The van der Waals surface area contributed by atoms with E-state index in [9.17, 15) is 61.0 Å². The standard InChI is InChI=1S/C33H42O19/c1-11-22(38)25(41)28(44)31(46-11)52-30-27(43)24(40)20(10-35)51-33(30)48-14-6-15(36)21-16(37)8-17(49-18(21)7-14)12-2-4-13(5-3-12)47-32-29(45)26(42)23(39)19(9-34)50-32/h2-7,11,17,19-20,22-36,38-45H,8-10H2,1H3/t11-,17-,19-,20+,22-,23+,24+,25+,26-,27-,28+,29-,30+,31-,32-,33+/m0/s1. The molecule has 0 saturated carbocycles. The first kappa shape index (κ1) is 38.5. The highest BCUT2D eigenvalue weighted by molar-refractivity contribution is 6.02. The molecule has 52 heavy (non-hydrogen) atoms. The van der Waals surface area contributed by atoms with Gasteiger partial charge in [-0.2, -0.15) is 0 Å². The van der Waals surface area contributed by atoms with E-state index < -0.39 is 123 Å². The Morgan fingerprint density at radius 2 is 1.25 bits per heavy atom. The van der Waals surface area contributed by atoms with E-state index >= 15 is 0 Å². The summed E-state index contributed by atoms with van der Waals surface area (Å²) >= 11 is 0. The van der Waals surface area contributed by atoms with Crippen LogP contribution in [0.15, 0.2) is 36.4 Å². The summed E-state index contributed by atoms with van der Waals surface area (Å²) in [4.78, 5) is 13.2. The third-order valence-electron chi connectivity index (χ3n) is 9.50. The number of carbonyl (C=O) groups excluding carboxylic acids is 1. The molecule has 4 heterocycles. The number of Topliss-reactive ketones (excluding diaryl/α,β-unsaturated/α-hetero) is 1. The second-order valence-corrected chi connectivity index (χ2v) is 13.0. The Morgan fingerprint density at radius 3 is 1.90 bits per heavy atom. The number of ketones is 1. The number of carbonyl (C=O) groups is 1. The molecule has 0 spiro atoms. The van der Waals surface area contributed by atoms with Gasteiger partial charge >= 0.3 is 0 Å². The monoisotopic (exact) mass is 742 g/mol. The van der Waals surface area contributed by atoms with Crippen molar-refractivity contribution in [1.82, 2.24) is 0 Å². The Labute approximate surface area is 295 Å². The normalized spacial score (nSPS) is 40.8. The van der Waals surface area contributed by atoms with Crippen LogP contribution in [0.4, 0.5) is 0 Å². The van der Waals surface area contributed by atoms with Gasteiger partial charge in [-0.15, -0.1) is 0 Å². The fourth-order valence-corrected chi connectivity index (χ4v) is 6.44. The topological polar surface area (TPSA) is 304 Å². The predicted octanol–water partition coefficient (Wildman–Crippen LogP) is -3.69. The van der Waals surface area contributed by atoms with E-state index in [0.29, 0.717) is 5.56 Å². The van der Waals surface area contributed by atoms with Crippen LogP contribution in [0.2, 0.25) is 0 Å². The first-order valence-electron chi connectivity index (χ1n) is 16.5. The highest BCUT2D eigenvalue weighted by Crippen LogP contribution is 2.43. The van der Waals surface area contributed by atoms with Crippen molar-refractivity contribution < 1.29 is 94.1 Å². The molecule has 288 valence electrons. The molecular formula is C33H42O19. The van der Waals surface area contributed by atoms with Gasteiger partial charge in [0.1, 0.15) is 95.7 Å². The van der Waals surface area contributed by atoms with Gasteiger partial charge in [0.15, 0.2) is 18.2 Å². The van der Waals surface area contributed by atoms with E-state index in [4.69, 9.17) is 33.2 Å². The molecule has 2 aromatic carbocycles. The van der Waals surface area contributed by atoms with Crippen molar-refractivity contribution in [2.75, 3.05) is 13.2 Å². The third kappa shape index (κ3) is 7.43. The molecule has 0 aromatic heterocycles. The molecule has 4 aliphatic rings. The van der Waals surface area contributed by atoms with Crippen LogP contribution in [0, 0.1) is 0 Å². The van der Waals surface area contributed by atoms with E-state index in [1.807, 2.05) is 0 Å². The largest absolute Gasteiger partial charge is 0.507 e. The second-order valence-electron chi connectivity index (χ2n) is 13.0. The number of phenols is 1. The number of benzene rings is 2. The molecule has 0 radical (unpaired) electrons. The lowest BCUT2D eigenvalue weighted by molar-refractivity contribution is -0.354. The molecule has 16 atom stereocenters. The van der Waals surface area contributed by atoms with Gasteiger partial charge in [-0.25, -0.2) is 0 Å². The molecule has 11 N–H and O–H groups in total. The number of hydrogen-bond donors (Lipinski definition) is 11. The molecular weight excluding hydrogens is 700 g/mol. The minimum absolute atomic E-state index is 0.0950. The summed E-state index contributed by atoms with van der Waals surface area (Å²) < 4.78 is 39.8. The van der Waals surface area contributed by atoms with Crippen molar-refractivity contribution in [2.45, 2.75) is 112 Å². The van der Waals surface area contributed by atoms with Gasteiger partial charge in [0.2, 0.25) is 12.6 Å². The fourth-order valence-electron chi connectivity index (χ4n) is 6.44. The lowest BCUT2D eigenvalue weighted by Crippen LogP contribution is -2.64. The molecule has 0 bridgehead atoms. The van der Waals surface area contributed by atoms with Crippen molar-refractivity contribution >= 4 is 5.78 Å². The molecule has 0 unspecified atom stereocenters. The Hall–Kier alpha value is -3.25. The van der Waals surface area contributed by atoms with Crippen LogP contribution in [0.3, 0.4) is 0 Å². The summed E-state index contributed by atoms with van der Waals surface area (Å²) in [6, 6.07) is 8.40. The number of ether oxygens (including phenoxy) is 7. The van der Waals surface area contributed by atoms with E-state index in [2.05, 4.69) is 0 Å². The van der Waals surface area contributed by atoms with Gasteiger partial charge in [-0.1, -0.05) is 12.1 Å². The summed E-state index contributed by atoms with van der Waals surface area (Å²) in [7, 11) is 0. The van der Waals surface area contributed by atoms with Crippen molar-refractivity contribution in [3.63, 3.8) is 0 Å². The first-order chi connectivity index (χ1) is 24.7. The maximum absolute atomic E-state index is 13.2. The van der Waals surface area contributed by atoms with Gasteiger partial charge in [-0.05, 0) is 24.6 Å². The summed E-state index contributed by atoms with van der Waals surface area (Å²) in [5.41, 5.74) is 0.345. The van der Waals surface area contributed by atoms with Gasteiger partial charge in [-0.3, -0.25) is 4.79 Å². The van der Waals surface area contributed by atoms with Gasteiger partial charge in [0, 0.05) is 12.1 Å². The molecule has 4 aliphatic heterocycles. The second kappa shape index (κ2) is 15.6. The van der Waals surface area contributed by atoms with Crippen LogP contribution in [-0.2, 0) is 18.9 Å². The third-order valence-corrected chi connectivity index (χ3v) is 9.50. The smallest absolute Gasteiger partial charge is 0.229 e. The Bertz CT molecular complexity index is 1540. The zero-order valence-corrected chi connectivity index (χ0v) is 27.5. The van der Waals surface area contributed by atoms with Crippen LogP contribution in [0.5, 0.6) is 23.0 Å². The van der Waals surface area contributed by atoms with Crippen LogP contribution in [0.1, 0.15) is 35.4 Å². The summed E-state index contributed by atoms with van der Waals surface area (Å²) in [6.07, 6.45) is -24.2. The highest BCUT2D eigenvalue weighted by Gasteiger charge is 2.51. The molecule has 3 saturated heterocycles. The Morgan fingerprint density at radius 1 is 0.673 bits per heavy atom. The number of aliphatic hydroxyl groups excluding tert-OH is 10. The number of hydrogen-bond acceptors (Lipinski definition) is 19. The number of fused-ring (bicyclic) bond motifs is 1. The minimum Gasteiger partial charge on any atom is -0.507 e. The van der Waals surface area contributed by atoms with Crippen molar-refractivity contribution in [1.29, 1.82) is 0 Å². The maximum atomic E-state index is 13.2. The van der Waals surface area contributed by atoms with E-state index in [1.165, 1.54) is 25.1 Å². The lowest BCUT2D eigenvalue weighted by atomic mass is 9.95. The van der Waals surface area contributed by atoms with Crippen LogP contribution < -0.4 is 14.2 Å². The Kier molecular flexibility index (Phi) is 11.6. The van der Waals surface area contributed by atoms with Gasteiger partial charge in [0.05, 0.1) is 25.7 Å². The van der Waals surface area contributed by atoms with Gasteiger partial charge < -0.3 is 89.3 Å². The van der Waals surface area contributed by atoms with Gasteiger partial charge in [0.25, 0.3) is 0 Å². The van der Waals surface area contributed by atoms with Crippen molar-refractivity contribution in [2.24, 2.45) is 0 Å². The maximum Gasteiger partial charge on any atom is 0.229 e. The van der Waals surface area contributed by atoms with E-state index in [1.54, 1.807) is 12.1 Å². The molecule has 0 amide bonds. The predicted molar refractivity (Wildman–Crippen MR) is 167 cm³/mol. The SMILES string of the molecule is C[C@@H]1O[C@@H](O[C@H]2[C@H](Oc3cc(O)c4c(c3)O[C@H](c3ccc(O[C@H]5O[C@@H](CO)[C@@H](O)[C@H](O)[C@@H]5O)cc3)CC4=O)O[C@H](CO)[C@@H](O)[C@@H]2O)[C@H](O)[C@H](O)[C@H]1O. The van der Waals surface area contributed by atoms with Crippen LogP contribution >= 0.6 is 0 Å². The molecule has 3 fully saturated rings. The van der Waals surface area contributed by atoms with Crippen LogP contribution in [-0.4, -0.2) is 167 Å². The molecule has 2 aromatic rings. The fraction of sp³-hybridized carbons (Fsp3) is 0.606. The first-order valence-corrected chi connectivity index (χ1v) is 16.5. The van der Waals surface area contributed by atoms with E-state index in [0.717, 1.165) is 6.07 Å². The summed E-state index contributed by atoms with van der Waals surface area (Å²) in [6.45, 7) is 0.0222. The zero-order chi connectivity index (χ0) is 37.6. The zero-order valence-electron chi connectivity index (χ0n) is 27.5. The summed E-state index contributed by atoms with van der Waals surface area (Å²) in [5.74, 6) is -1.09. The average molecular weight is 743 g/mol. The van der Waals surface area contributed by atoms with E-state index in [-0.39, 0.29) is 29.2 Å². The van der Waals surface area contributed by atoms with Crippen molar-refractivity contribution in [3.05, 3.63) is 47.5 Å². The minimum atomic E-state index is -1.80. The Balaban J connectivity index is 1.19. The van der Waals surface area contributed by atoms with Crippen molar-refractivity contribution in [3.8, 4) is 23.0 Å². The number of phenolic OH excluding ortho intramolecular Hbond substituents is 1. The molecule has 6 rings (SSSR count). The van der Waals surface area contributed by atoms with Crippen LogP contribution in [0.25, 0.3) is 0 Å². The molecule has 19 nitrogen and oxygen atoms in total. The molecule has 0 aliphatic carbocycles. The average Bonchev–Trinajstić information content (AvgIpc) is 3.12. The lowest BCUT2D eigenvalue weighted by Gasteiger charge is -2.45. The highest BCUT2D eigenvalue weighted by atomic mass is 16.8. The quantitative estimate of drug-likeness (QED) is 0.118. The molecule has 19 heteroatoms.